The standard InChI is InChI=1S/C25H38N4O3/c1-5-20(26-4)23(30)27-21(17(2)3)24(31)29-16-13-19-12-15-28(25(32)22(19)29)14-11-18-9-7-6-8-10-18/h6-10,17,19-22,26H,5,11-16H2,1-4H3,(H,27,30)/t19-,20+,21+,22+/m1/s1. The van der Waals surface area contributed by atoms with Crippen molar-refractivity contribution in [3.05, 3.63) is 35.9 Å². The van der Waals surface area contributed by atoms with Gasteiger partial charge in [-0.15, -0.1) is 0 Å². The van der Waals surface area contributed by atoms with E-state index in [1.165, 1.54) is 5.56 Å². The van der Waals surface area contributed by atoms with E-state index in [2.05, 4.69) is 22.8 Å². The lowest BCUT2D eigenvalue weighted by molar-refractivity contribution is -0.149. The predicted molar refractivity (Wildman–Crippen MR) is 125 cm³/mol. The van der Waals surface area contributed by atoms with Crippen molar-refractivity contribution < 1.29 is 14.4 Å². The van der Waals surface area contributed by atoms with Gasteiger partial charge in [0.15, 0.2) is 0 Å². The summed E-state index contributed by atoms with van der Waals surface area (Å²) in [6.07, 6.45) is 3.22. The van der Waals surface area contributed by atoms with Gasteiger partial charge >= 0.3 is 0 Å². The molecule has 2 aliphatic rings. The first-order valence-corrected chi connectivity index (χ1v) is 12.0. The van der Waals surface area contributed by atoms with Gasteiger partial charge in [0.2, 0.25) is 17.7 Å². The van der Waals surface area contributed by atoms with Crippen LogP contribution in [0.1, 0.15) is 45.6 Å². The normalized spacial score (nSPS) is 22.6. The molecule has 0 bridgehead atoms. The number of amides is 3. The van der Waals surface area contributed by atoms with Crippen LogP contribution < -0.4 is 10.6 Å². The molecule has 2 fully saturated rings. The maximum absolute atomic E-state index is 13.5. The van der Waals surface area contributed by atoms with Gasteiger partial charge in [0.25, 0.3) is 0 Å². The molecule has 1 aromatic carbocycles. The number of carbonyl (C=O) groups excluding carboxylic acids is 3. The number of nitrogens with one attached hydrogen (secondary N) is 2. The molecule has 0 spiro atoms. The van der Waals surface area contributed by atoms with Crippen molar-refractivity contribution in [1.29, 1.82) is 0 Å². The van der Waals surface area contributed by atoms with Crippen LogP contribution in [0.2, 0.25) is 0 Å². The maximum atomic E-state index is 13.5. The second kappa shape index (κ2) is 10.9. The van der Waals surface area contributed by atoms with Crippen molar-refractivity contribution in [3.8, 4) is 0 Å². The number of hydrogen-bond acceptors (Lipinski definition) is 4. The summed E-state index contributed by atoms with van der Waals surface area (Å²) in [5, 5.41) is 5.94. The van der Waals surface area contributed by atoms with Crippen LogP contribution >= 0.6 is 0 Å². The number of fused-ring (bicyclic) bond motifs is 1. The van der Waals surface area contributed by atoms with E-state index in [1.807, 2.05) is 43.9 Å². The third kappa shape index (κ3) is 5.31. The van der Waals surface area contributed by atoms with E-state index in [9.17, 15) is 14.4 Å². The smallest absolute Gasteiger partial charge is 0.246 e. The molecular weight excluding hydrogens is 404 g/mol. The summed E-state index contributed by atoms with van der Waals surface area (Å²) < 4.78 is 0. The quantitative estimate of drug-likeness (QED) is 0.611. The molecule has 2 heterocycles. The molecule has 3 rings (SSSR count). The Balaban J connectivity index is 1.69. The van der Waals surface area contributed by atoms with Gasteiger partial charge in [-0.05, 0) is 50.1 Å². The van der Waals surface area contributed by atoms with Crippen LogP contribution in [-0.4, -0.2) is 72.3 Å². The van der Waals surface area contributed by atoms with Crippen LogP contribution in [0, 0.1) is 11.8 Å². The highest BCUT2D eigenvalue weighted by atomic mass is 16.2. The SMILES string of the molecule is CC[C@H](NC)C(=O)N[C@H](C(=O)N1CC[C@H]2CCN(CCc3ccccc3)C(=O)[C@H]21)C(C)C. The number of carbonyl (C=O) groups is 3. The fourth-order valence-corrected chi connectivity index (χ4v) is 4.96. The van der Waals surface area contributed by atoms with E-state index < -0.39 is 12.1 Å². The van der Waals surface area contributed by atoms with Crippen LogP contribution in [0.3, 0.4) is 0 Å². The Kier molecular flexibility index (Phi) is 8.29. The molecule has 4 atom stereocenters. The number of nitrogens with zero attached hydrogens (tertiary/aromatic N) is 2. The third-order valence-electron chi connectivity index (χ3n) is 6.96. The van der Waals surface area contributed by atoms with Gasteiger partial charge in [0.1, 0.15) is 12.1 Å². The average molecular weight is 443 g/mol. The second-order valence-electron chi connectivity index (χ2n) is 9.35. The Labute approximate surface area is 191 Å². The molecule has 0 saturated carbocycles. The fourth-order valence-electron chi connectivity index (χ4n) is 4.96. The number of hydrogen-bond donors (Lipinski definition) is 2. The van der Waals surface area contributed by atoms with E-state index in [0.717, 1.165) is 25.8 Å². The van der Waals surface area contributed by atoms with Crippen LogP contribution in [-0.2, 0) is 20.8 Å². The summed E-state index contributed by atoms with van der Waals surface area (Å²) in [7, 11) is 1.75. The summed E-state index contributed by atoms with van der Waals surface area (Å²) in [6, 6.07) is 8.80. The zero-order valence-electron chi connectivity index (χ0n) is 19.8. The topological polar surface area (TPSA) is 81.8 Å². The molecule has 2 saturated heterocycles. The molecule has 0 radical (unpaired) electrons. The van der Waals surface area contributed by atoms with E-state index in [0.29, 0.717) is 19.5 Å². The number of likely N-dealkylation sites (tertiary alicyclic amines) is 2. The molecule has 0 aliphatic carbocycles. The molecule has 2 N–H and O–H groups in total. The Morgan fingerprint density at radius 3 is 2.44 bits per heavy atom. The first-order valence-electron chi connectivity index (χ1n) is 12.0. The zero-order valence-corrected chi connectivity index (χ0v) is 19.8. The second-order valence-corrected chi connectivity index (χ2v) is 9.35. The molecular formula is C25H38N4O3. The first-order chi connectivity index (χ1) is 15.4. The lowest BCUT2D eigenvalue weighted by atomic mass is 9.90. The fraction of sp³-hybridized carbons (Fsp3) is 0.640. The highest BCUT2D eigenvalue weighted by molar-refractivity contribution is 5.94. The number of rotatable bonds is 9. The van der Waals surface area contributed by atoms with Gasteiger partial charge in [-0.1, -0.05) is 51.1 Å². The summed E-state index contributed by atoms with van der Waals surface area (Å²) in [6.45, 7) is 7.80. The summed E-state index contributed by atoms with van der Waals surface area (Å²) >= 11 is 0. The highest BCUT2D eigenvalue weighted by Crippen LogP contribution is 2.33. The summed E-state index contributed by atoms with van der Waals surface area (Å²) in [5.74, 6) is -0.0998. The Bertz CT molecular complexity index is 794. The van der Waals surface area contributed by atoms with Crippen LogP contribution in [0.5, 0.6) is 0 Å². The summed E-state index contributed by atoms with van der Waals surface area (Å²) in [5.41, 5.74) is 1.21. The third-order valence-corrected chi connectivity index (χ3v) is 6.96. The minimum absolute atomic E-state index is 0.0542. The van der Waals surface area contributed by atoms with Crippen molar-refractivity contribution in [1.82, 2.24) is 20.4 Å². The van der Waals surface area contributed by atoms with Gasteiger partial charge in [0.05, 0.1) is 6.04 Å². The largest absolute Gasteiger partial charge is 0.343 e. The molecule has 0 aromatic heterocycles. The predicted octanol–water partition coefficient (Wildman–Crippen LogP) is 1.82. The maximum Gasteiger partial charge on any atom is 0.246 e. The van der Waals surface area contributed by atoms with Crippen molar-refractivity contribution in [2.24, 2.45) is 11.8 Å². The first kappa shape index (κ1) is 24.2. The van der Waals surface area contributed by atoms with Crippen molar-refractivity contribution in [2.75, 3.05) is 26.7 Å². The number of likely N-dealkylation sites (N-methyl/N-ethyl adjacent to an activating group) is 1. The van der Waals surface area contributed by atoms with Gasteiger partial charge in [-0.25, -0.2) is 0 Å². The van der Waals surface area contributed by atoms with Crippen molar-refractivity contribution >= 4 is 17.7 Å². The van der Waals surface area contributed by atoms with E-state index in [-0.39, 0.29) is 35.6 Å². The zero-order chi connectivity index (χ0) is 23.3. The van der Waals surface area contributed by atoms with Crippen LogP contribution in [0.25, 0.3) is 0 Å². The van der Waals surface area contributed by atoms with Crippen molar-refractivity contribution in [3.63, 3.8) is 0 Å². The monoisotopic (exact) mass is 442 g/mol. The highest BCUT2D eigenvalue weighted by Gasteiger charge is 2.47. The van der Waals surface area contributed by atoms with E-state index in [4.69, 9.17) is 0 Å². The molecule has 0 unspecified atom stereocenters. The molecule has 3 amide bonds. The number of benzene rings is 1. The van der Waals surface area contributed by atoms with Crippen molar-refractivity contribution in [2.45, 2.75) is 64.6 Å². The minimum Gasteiger partial charge on any atom is -0.343 e. The van der Waals surface area contributed by atoms with Gasteiger partial charge in [-0.2, -0.15) is 0 Å². The lowest BCUT2D eigenvalue weighted by Gasteiger charge is -2.39. The summed E-state index contributed by atoms with van der Waals surface area (Å²) in [4.78, 5) is 43.2. The van der Waals surface area contributed by atoms with E-state index in [1.54, 1.807) is 11.9 Å². The molecule has 1 aromatic rings. The molecule has 32 heavy (non-hydrogen) atoms. The van der Waals surface area contributed by atoms with Crippen LogP contribution in [0.4, 0.5) is 0 Å². The number of piperidine rings is 1. The molecule has 7 nitrogen and oxygen atoms in total. The molecule has 2 aliphatic heterocycles. The lowest BCUT2D eigenvalue weighted by Crippen LogP contribution is -2.60. The minimum atomic E-state index is -0.629. The Morgan fingerprint density at radius 1 is 1.12 bits per heavy atom. The van der Waals surface area contributed by atoms with E-state index >= 15 is 0 Å². The van der Waals surface area contributed by atoms with Gasteiger partial charge < -0.3 is 20.4 Å². The molecule has 176 valence electrons. The van der Waals surface area contributed by atoms with Gasteiger partial charge in [-0.3, -0.25) is 14.4 Å². The molecule has 7 heteroatoms. The van der Waals surface area contributed by atoms with Gasteiger partial charge in [0, 0.05) is 19.6 Å². The van der Waals surface area contributed by atoms with Crippen LogP contribution in [0.15, 0.2) is 30.3 Å². The Morgan fingerprint density at radius 2 is 1.81 bits per heavy atom. The average Bonchev–Trinajstić information content (AvgIpc) is 3.23. The Hall–Kier alpha value is -2.41.